The van der Waals surface area contributed by atoms with Gasteiger partial charge in [0.2, 0.25) is 5.95 Å². The molecule has 1 unspecified atom stereocenters. The zero-order chi connectivity index (χ0) is 20.0. The van der Waals surface area contributed by atoms with E-state index in [2.05, 4.69) is 25.5 Å². The summed E-state index contributed by atoms with van der Waals surface area (Å²) in [6.45, 7) is 3.63. The summed E-state index contributed by atoms with van der Waals surface area (Å²) in [7, 11) is 0. The standard InChI is InChI=1S/C18H21ClFN7O2/c1-2-12-14-17(25-27(12)13-4-7-28-9-11(13)20)29-6-3-5-26-16-10(15(19)24-26)8-21-18(22-14)23-16/h8,11,13H,2-7,9H2,1H3,(H,21,22,23)/t11?,13-/m0/s1. The molecule has 2 bridgehead atoms. The highest BCUT2D eigenvalue weighted by Crippen LogP contribution is 2.36. The number of aromatic nitrogens is 6. The Morgan fingerprint density at radius 1 is 1.34 bits per heavy atom. The molecule has 2 atom stereocenters. The van der Waals surface area contributed by atoms with Gasteiger partial charge in [0, 0.05) is 25.8 Å². The van der Waals surface area contributed by atoms with Gasteiger partial charge in [0.15, 0.2) is 10.8 Å². The van der Waals surface area contributed by atoms with Crippen LogP contribution >= 0.6 is 11.6 Å². The van der Waals surface area contributed by atoms with Crippen LogP contribution in [-0.2, 0) is 17.7 Å². The largest absolute Gasteiger partial charge is 0.475 e. The van der Waals surface area contributed by atoms with Crippen molar-refractivity contribution in [3.63, 3.8) is 0 Å². The second-order valence-corrected chi connectivity index (χ2v) is 7.50. The number of hydrogen-bond acceptors (Lipinski definition) is 7. The van der Waals surface area contributed by atoms with Gasteiger partial charge in [0.1, 0.15) is 11.9 Å². The maximum absolute atomic E-state index is 14.6. The van der Waals surface area contributed by atoms with Crippen LogP contribution in [0.25, 0.3) is 11.0 Å². The topological polar surface area (TPSA) is 91.9 Å². The predicted octanol–water partition coefficient (Wildman–Crippen LogP) is 3.06. The molecular weight excluding hydrogens is 401 g/mol. The highest BCUT2D eigenvalue weighted by Gasteiger charge is 2.32. The molecule has 2 aliphatic heterocycles. The lowest BCUT2D eigenvalue weighted by Gasteiger charge is -2.27. The van der Waals surface area contributed by atoms with Gasteiger partial charge in [-0.3, -0.25) is 4.68 Å². The summed E-state index contributed by atoms with van der Waals surface area (Å²) in [5.41, 5.74) is 2.18. The van der Waals surface area contributed by atoms with Crippen LogP contribution in [0.3, 0.4) is 0 Å². The Labute approximate surface area is 171 Å². The first-order chi connectivity index (χ1) is 14.2. The van der Waals surface area contributed by atoms with E-state index >= 15 is 0 Å². The fourth-order valence-corrected chi connectivity index (χ4v) is 4.11. The third-order valence-electron chi connectivity index (χ3n) is 5.31. The summed E-state index contributed by atoms with van der Waals surface area (Å²) >= 11 is 6.21. The van der Waals surface area contributed by atoms with Crippen LogP contribution in [0, 0.1) is 0 Å². The Kier molecular flexibility index (Phi) is 4.75. The van der Waals surface area contributed by atoms with Crippen LogP contribution in [0.4, 0.5) is 16.0 Å². The molecule has 11 heteroatoms. The number of fused-ring (bicyclic) bond motifs is 2. The van der Waals surface area contributed by atoms with Gasteiger partial charge in [-0.25, -0.2) is 14.1 Å². The maximum Gasteiger partial charge on any atom is 0.257 e. The number of hydrogen-bond donors (Lipinski definition) is 1. The summed E-state index contributed by atoms with van der Waals surface area (Å²) in [6, 6.07) is -0.381. The van der Waals surface area contributed by atoms with Gasteiger partial charge in [-0.2, -0.15) is 10.1 Å². The fourth-order valence-electron chi connectivity index (χ4n) is 3.89. The van der Waals surface area contributed by atoms with Gasteiger partial charge >= 0.3 is 0 Å². The Morgan fingerprint density at radius 2 is 2.24 bits per heavy atom. The van der Waals surface area contributed by atoms with Gasteiger partial charge < -0.3 is 14.8 Å². The van der Waals surface area contributed by atoms with Gasteiger partial charge in [-0.1, -0.05) is 18.5 Å². The van der Waals surface area contributed by atoms with E-state index in [1.165, 1.54) is 0 Å². The van der Waals surface area contributed by atoms with Crippen molar-refractivity contribution >= 4 is 34.3 Å². The second-order valence-electron chi connectivity index (χ2n) is 7.14. The number of nitrogens with zero attached hydrogens (tertiary/aromatic N) is 6. The average Bonchev–Trinajstić information content (AvgIpc) is 3.22. The highest BCUT2D eigenvalue weighted by atomic mass is 35.5. The van der Waals surface area contributed by atoms with Crippen molar-refractivity contribution in [1.82, 2.24) is 29.5 Å². The first-order valence-electron chi connectivity index (χ1n) is 9.77. The third kappa shape index (κ3) is 3.20. The number of anilines is 2. The number of rotatable bonds is 2. The van der Waals surface area contributed by atoms with Crippen molar-refractivity contribution in [3.05, 3.63) is 17.0 Å². The summed E-state index contributed by atoms with van der Waals surface area (Å²) in [4.78, 5) is 8.97. The van der Waals surface area contributed by atoms with E-state index in [4.69, 9.17) is 21.1 Å². The molecule has 5 heterocycles. The average molecular weight is 422 g/mol. The van der Waals surface area contributed by atoms with E-state index in [1.807, 2.05) is 6.92 Å². The molecule has 9 nitrogen and oxygen atoms in total. The van der Waals surface area contributed by atoms with E-state index in [-0.39, 0.29) is 12.6 Å². The normalized spacial score (nSPS) is 22.0. The molecule has 2 aliphatic rings. The fraction of sp³-hybridized carbons (Fsp3) is 0.556. The van der Waals surface area contributed by atoms with Crippen LogP contribution in [0.1, 0.15) is 31.5 Å². The number of halogens is 2. The molecule has 1 N–H and O–H groups in total. The summed E-state index contributed by atoms with van der Waals surface area (Å²) < 4.78 is 29.3. The lowest BCUT2D eigenvalue weighted by atomic mass is 10.1. The molecule has 29 heavy (non-hydrogen) atoms. The minimum absolute atomic E-state index is 0.0805. The first-order valence-corrected chi connectivity index (χ1v) is 10.2. The zero-order valence-electron chi connectivity index (χ0n) is 15.9. The van der Waals surface area contributed by atoms with Gasteiger partial charge in [-0.15, -0.1) is 5.10 Å². The van der Waals surface area contributed by atoms with E-state index in [0.29, 0.717) is 72.7 Å². The molecule has 5 rings (SSSR count). The van der Waals surface area contributed by atoms with Crippen molar-refractivity contribution in [1.29, 1.82) is 0 Å². The minimum atomic E-state index is -1.11. The summed E-state index contributed by atoms with van der Waals surface area (Å²) in [6.07, 6.45) is 2.45. The van der Waals surface area contributed by atoms with Gasteiger partial charge in [0.05, 0.1) is 30.3 Å². The molecule has 0 aliphatic carbocycles. The molecule has 3 aromatic heterocycles. The lowest BCUT2D eigenvalue weighted by Crippen LogP contribution is -2.32. The predicted molar refractivity (Wildman–Crippen MR) is 105 cm³/mol. The molecular formula is C18H21ClFN7O2. The quantitative estimate of drug-likeness (QED) is 0.679. The highest BCUT2D eigenvalue weighted by molar-refractivity contribution is 6.34. The molecule has 3 aromatic rings. The molecule has 154 valence electrons. The van der Waals surface area contributed by atoms with Crippen LogP contribution in [0.15, 0.2) is 6.20 Å². The molecule has 0 saturated carbocycles. The van der Waals surface area contributed by atoms with Crippen molar-refractivity contribution in [2.24, 2.45) is 0 Å². The van der Waals surface area contributed by atoms with Crippen LogP contribution in [0.2, 0.25) is 5.15 Å². The Balaban J connectivity index is 1.60. The summed E-state index contributed by atoms with van der Waals surface area (Å²) in [5, 5.41) is 13.3. The Bertz CT molecular complexity index is 1050. The maximum atomic E-state index is 14.6. The zero-order valence-corrected chi connectivity index (χ0v) is 16.7. The molecule has 1 saturated heterocycles. The van der Waals surface area contributed by atoms with Crippen LogP contribution < -0.4 is 10.1 Å². The number of alkyl halides is 1. The van der Waals surface area contributed by atoms with E-state index in [9.17, 15) is 4.39 Å². The van der Waals surface area contributed by atoms with Gasteiger partial charge in [0.25, 0.3) is 5.88 Å². The van der Waals surface area contributed by atoms with Gasteiger partial charge in [-0.05, 0) is 12.8 Å². The SMILES string of the molecule is CCc1c2c(nn1[C@H]1CCOCC1F)OCCCn1nc(Cl)c3cnc(nc31)N2. The van der Waals surface area contributed by atoms with Crippen molar-refractivity contribution in [3.8, 4) is 5.88 Å². The van der Waals surface area contributed by atoms with E-state index in [0.717, 1.165) is 5.69 Å². The van der Waals surface area contributed by atoms with Crippen LogP contribution in [0.5, 0.6) is 5.88 Å². The number of aryl methyl sites for hydroxylation is 1. The molecule has 0 spiro atoms. The Morgan fingerprint density at radius 3 is 3.07 bits per heavy atom. The monoisotopic (exact) mass is 421 g/mol. The van der Waals surface area contributed by atoms with Crippen molar-refractivity contribution < 1.29 is 13.9 Å². The molecule has 0 aromatic carbocycles. The van der Waals surface area contributed by atoms with Crippen molar-refractivity contribution in [2.75, 3.05) is 25.1 Å². The Hall–Kier alpha value is -2.46. The molecule has 0 amide bonds. The van der Waals surface area contributed by atoms with E-state index < -0.39 is 6.17 Å². The van der Waals surface area contributed by atoms with E-state index in [1.54, 1.807) is 15.6 Å². The summed E-state index contributed by atoms with van der Waals surface area (Å²) in [5.74, 6) is 0.821. The molecule has 1 fully saturated rings. The minimum Gasteiger partial charge on any atom is -0.475 e. The van der Waals surface area contributed by atoms with Crippen LogP contribution in [-0.4, -0.2) is 55.5 Å². The third-order valence-corrected chi connectivity index (χ3v) is 5.59. The smallest absolute Gasteiger partial charge is 0.257 e. The van der Waals surface area contributed by atoms with Crippen molar-refractivity contribution in [2.45, 2.75) is 44.9 Å². The number of ether oxygens (including phenoxy) is 2. The number of nitrogens with one attached hydrogen (secondary N) is 1. The lowest BCUT2D eigenvalue weighted by molar-refractivity contribution is -0.00118. The second kappa shape index (κ2) is 7.42. The first kappa shape index (κ1) is 18.6. The molecule has 0 radical (unpaired) electrons.